The summed E-state index contributed by atoms with van der Waals surface area (Å²) >= 11 is 0. The number of ketones is 4. The second-order valence-corrected chi connectivity index (χ2v) is 28.2. The fourth-order valence-electron chi connectivity index (χ4n) is 13.2. The molecule has 606 valence electrons. The highest BCUT2D eigenvalue weighted by atomic mass is 19.1. The van der Waals surface area contributed by atoms with Crippen molar-refractivity contribution in [3.8, 4) is 23.2 Å². The molecule has 4 aliphatic rings. The third-order valence-corrected chi connectivity index (χ3v) is 19.6. The Kier molecular flexibility index (Phi) is 36.1. The van der Waals surface area contributed by atoms with Gasteiger partial charge in [0, 0.05) is 98.2 Å². The van der Waals surface area contributed by atoms with Gasteiger partial charge in [-0.15, -0.1) is 5.92 Å². The first-order chi connectivity index (χ1) is 53.2. The number of halogens is 1. The van der Waals surface area contributed by atoms with Crippen molar-refractivity contribution in [2.75, 3.05) is 91.1 Å². The fraction of sp³-hybridized carbons (Fsp3) is 0.588. The number of anilines is 1. The number of aromatic nitrogens is 2. The number of esters is 1. The number of Topliss-reactive ketones (excluding diaryl/α,β-unsaturated/α-hetero) is 4. The number of amides is 6. The Labute approximate surface area is 644 Å². The van der Waals surface area contributed by atoms with E-state index in [1.54, 1.807) is 58.0 Å². The van der Waals surface area contributed by atoms with Gasteiger partial charge in [-0.1, -0.05) is 59.1 Å². The number of hydrogen-bond acceptors (Lipinski definition) is 22. The molecule has 4 aromatic rings. The van der Waals surface area contributed by atoms with Gasteiger partial charge in [-0.05, 0) is 118 Å². The van der Waals surface area contributed by atoms with Crippen LogP contribution in [0, 0.1) is 42.3 Å². The average Bonchev–Trinajstić information content (AvgIpc) is 1.59. The SMILES string of the molecule is CCC(=O)[C@@H](NC(=O)[C@@H](CCC(=O)O)CC(=O)CCOCCOCCOCCOCCCC(=O)COC1C#CCCCCC1)C(C)C.CC[C@@]1(O)C(=O)OCc2c1cc1n(c2=O)Cc2c-1nc1cc(F)c(C)c3c1c2[C@@H](NC(=O)COCCC(=O)CNC(=O)OCc1ccc(NC(=O)[C@@H](C)CCCNC(N)=O)cc1)CC3. The minimum absolute atomic E-state index is 0.00866. The van der Waals surface area contributed by atoms with Gasteiger partial charge in [0.25, 0.3) is 5.56 Å². The molecule has 6 amide bonds. The van der Waals surface area contributed by atoms with Gasteiger partial charge in [0.2, 0.25) is 17.7 Å². The van der Waals surface area contributed by atoms with Crippen LogP contribution < -0.4 is 37.9 Å². The zero-order valence-corrected chi connectivity index (χ0v) is 64.4. The number of pyridine rings is 2. The number of aliphatic hydroxyl groups is 1. The van der Waals surface area contributed by atoms with E-state index in [1.165, 1.54) is 10.6 Å². The quantitative estimate of drug-likeness (QED) is 0.0108. The maximum Gasteiger partial charge on any atom is 0.407 e. The van der Waals surface area contributed by atoms with Gasteiger partial charge >= 0.3 is 24.1 Å². The summed E-state index contributed by atoms with van der Waals surface area (Å²) in [4.78, 5) is 153. The van der Waals surface area contributed by atoms with Crippen LogP contribution >= 0.6 is 0 Å². The lowest BCUT2D eigenvalue weighted by Crippen LogP contribution is -2.47. The Morgan fingerprint density at radius 1 is 0.775 bits per heavy atom. The number of fused-ring (bicyclic) bond motifs is 5. The van der Waals surface area contributed by atoms with Crippen molar-refractivity contribution in [1.29, 1.82) is 0 Å². The Bertz CT molecular complexity index is 4060. The van der Waals surface area contributed by atoms with Gasteiger partial charge in [0.15, 0.2) is 23.0 Å². The van der Waals surface area contributed by atoms with Crippen LogP contribution in [0.1, 0.15) is 189 Å². The minimum Gasteiger partial charge on any atom is -0.481 e. The normalized spacial score (nSPS) is 16.7. The number of hydrogen-bond donors (Lipinski definition) is 8. The van der Waals surface area contributed by atoms with Crippen LogP contribution in [0.5, 0.6) is 0 Å². The van der Waals surface area contributed by atoms with Gasteiger partial charge in [0.05, 0.1) is 100 Å². The molecule has 6 atom stereocenters. The maximum atomic E-state index is 15.3. The van der Waals surface area contributed by atoms with E-state index in [1.807, 2.05) is 13.8 Å². The Hall–Kier alpha value is -9.42. The Morgan fingerprint density at radius 3 is 2.15 bits per heavy atom. The monoisotopic (exact) mass is 1550 g/mol. The first-order valence-electron chi connectivity index (χ1n) is 38.3. The lowest BCUT2D eigenvalue weighted by molar-refractivity contribution is -0.172. The number of alkyl carbamates (subject to hydrolysis) is 1. The van der Waals surface area contributed by atoms with Crippen LogP contribution in [0.15, 0.2) is 41.2 Å². The number of carboxylic acids is 1. The molecule has 1 unspecified atom stereocenters. The highest BCUT2D eigenvalue weighted by Crippen LogP contribution is 2.46. The lowest BCUT2D eigenvalue weighted by Gasteiger charge is -2.31. The number of carboxylic acid groups (broad SMARTS) is 1. The zero-order chi connectivity index (χ0) is 80.6. The van der Waals surface area contributed by atoms with E-state index in [2.05, 4.69) is 38.4 Å². The van der Waals surface area contributed by atoms with Crippen LogP contribution in [-0.2, 0) is 113 Å². The molecular formula is C80H107FN8O22. The molecule has 9 N–H and O–H groups in total. The van der Waals surface area contributed by atoms with Crippen LogP contribution in [0.25, 0.3) is 22.3 Å². The number of urea groups is 1. The third-order valence-electron chi connectivity index (χ3n) is 19.6. The summed E-state index contributed by atoms with van der Waals surface area (Å²) in [5.41, 5.74) is 7.76. The van der Waals surface area contributed by atoms with E-state index in [-0.39, 0.29) is 162 Å². The molecule has 8 rings (SSSR count). The molecule has 2 aromatic heterocycles. The van der Waals surface area contributed by atoms with Crippen molar-refractivity contribution in [2.45, 2.75) is 201 Å². The first kappa shape index (κ1) is 88.8. The number of carbonyl (C=O) groups is 11. The van der Waals surface area contributed by atoms with Crippen molar-refractivity contribution in [3.05, 3.63) is 91.5 Å². The van der Waals surface area contributed by atoms with Gasteiger partial charge < -0.3 is 85.0 Å². The standard InChI is InChI=1S/C45H50FN7O11.C35H57NO11/c1-4-45(61)31-16-35-39-29(19-53(35)41(57)30(31)21-63-42(45)58)38-33(12-11-28-24(3)32(46)17-34(52-39)37(28)38)51-36(55)22-62-15-13-27(54)18-49-44(60)64-20-25-7-9-26(10-8-25)50-40(56)23(2)6-5-14-48-43(47)59;1-4-32(39)34(27(2)3)36-35(42)28(14-15-33(40)41)25-29(37)16-18-44-20-22-46-24-23-45-21-19-43-17-10-11-30(38)26-47-31-12-8-6-5-7-9-13-31/h7-10,16-17,23,33,61H,4-6,11-15,18-22H2,1-3H3,(H,49,60)(H,50,56)(H,51,55)(H3,47,48,59);27-28,31,34H,4-8,10-12,14-26H2,1-3H3,(H,36,42)(H,40,41)/t23-,33-,45-;28-,31?,34-/m00/s1. The fourth-order valence-corrected chi connectivity index (χ4v) is 13.2. The van der Waals surface area contributed by atoms with Gasteiger partial charge in [0.1, 0.15) is 44.1 Å². The number of cyclic esters (lactones) is 1. The Balaban J connectivity index is 0.000000325. The highest BCUT2D eigenvalue weighted by molar-refractivity contribution is 5.95. The number of primary amides is 1. The van der Waals surface area contributed by atoms with Crippen molar-refractivity contribution in [1.82, 2.24) is 30.8 Å². The summed E-state index contributed by atoms with van der Waals surface area (Å²) in [7, 11) is 0. The van der Waals surface area contributed by atoms with Crippen molar-refractivity contribution in [3.63, 3.8) is 0 Å². The second kappa shape index (κ2) is 45.2. The van der Waals surface area contributed by atoms with Crippen LogP contribution in [0.2, 0.25) is 0 Å². The predicted octanol–water partition coefficient (Wildman–Crippen LogP) is 7.26. The number of nitrogens with two attached hydrogens (primary N) is 1. The third kappa shape index (κ3) is 27.2. The average molecular weight is 1550 g/mol. The highest BCUT2D eigenvalue weighted by Gasteiger charge is 2.46. The van der Waals surface area contributed by atoms with Crippen molar-refractivity contribution in [2.24, 2.45) is 23.5 Å². The molecule has 0 fully saturated rings. The van der Waals surface area contributed by atoms with Crippen LogP contribution in [0.3, 0.4) is 0 Å². The molecule has 0 saturated carbocycles. The number of rotatable bonds is 46. The summed E-state index contributed by atoms with van der Waals surface area (Å²) in [6, 6.07) is 7.78. The van der Waals surface area contributed by atoms with E-state index in [4.69, 9.17) is 53.7 Å². The van der Waals surface area contributed by atoms with Gasteiger partial charge in [-0.3, -0.25) is 43.2 Å². The van der Waals surface area contributed by atoms with E-state index in [9.17, 15) is 62.6 Å². The van der Waals surface area contributed by atoms with E-state index in [0.29, 0.717) is 135 Å². The molecule has 31 heteroatoms. The summed E-state index contributed by atoms with van der Waals surface area (Å²) in [6.07, 6.45) is 7.17. The van der Waals surface area contributed by atoms with E-state index >= 15 is 4.39 Å². The molecule has 4 heterocycles. The second-order valence-electron chi connectivity index (χ2n) is 28.2. The number of nitrogens with one attached hydrogen (secondary N) is 5. The summed E-state index contributed by atoms with van der Waals surface area (Å²) in [5, 5.41) is 34.5. The van der Waals surface area contributed by atoms with Crippen molar-refractivity contribution < 1.29 is 105 Å². The molecule has 2 aromatic carbocycles. The maximum absolute atomic E-state index is 15.3. The molecule has 0 bridgehead atoms. The first-order valence-corrected chi connectivity index (χ1v) is 38.3. The molecule has 111 heavy (non-hydrogen) atoms. The molecule has 2 aliphatic carbocycles. The number of nitrogens with zero attached hydrogens (tertiary/aromatic N) is 2. The van der Waals surface area contributed by atoms with E-state index in [0.717, 1.165) is 37.7 Å². The predicted molar refractivity (Wildman–Crippen MR) is 403 cm³/mol. The van der Waals surface area contributed by atoms with Gasteiger partial charge in [-0.2, -0.15) is 0 Å². The zero-order valence-electron chi connectivity index (χ0n) is 64.4. The topological polar surface area (TPSA) is 423 Å². The molecule has 0 saturated heterocycles. The van der Waals surface area contributed by atoms with Crippen molar-refractivity contribution >= 4 is 81.5 Å². The molecule has 0 spiro atoms. The molecular weight excluding hydrogens is 1440 g/mol. The largest absolute Gasteiger partial charge is 0.481 e. The minimum atomic E-state index is -2.02. The summed E-state index contributed by atoms with van der Waals surface area (Å²) < 4.78 is 60.3. The number of carbonyl (C=O) groups excluding carboxylic acids is 10. The number of benzene rings is 2. The lowest BCUT2D eigenvalue weighted by atomic mass is 9.81. The molecule has 0 radical (unpaired) electrons. The number of aryl methyl sites for hydroxylation is 1. The van der Waals surface area contributed by atoms with Crippen LogP contribution in [-0.4, -0.2) is 183 Å². The Morgan fingerprint density at radius 2 is 1.47 bits per heavy atom. The van der Waals surface area contributed by atoms with Crippen LogP contribution in [0.4, 0.5) is 19.7 Å². The molecule has 30 nitrogen and oxygen atoms in total. The van der Waals surface area contributed by atoms with E-state index < -0.39 is 70.9 Å². The number of aliphatic carboxylic acids is 1. The summed E-state index contributed by atoms with van der Waals surface area (Å²) in [5.74, 6) is 0.872. The molecule has 2 aliphatic heterocycles. The van der Waals surface area contributed by atoms with Gasteiger partial charge in [-0.25, -0.2) is 23.8 Å². The smallest absolute Gasteiger partial charge is 0.407 e. The number of ether oxygens (including phenoxy) is 8. The summed E-state index contributed by atoms with van der Waals surface area (Å²) in [6.45, 7) is 12.7.